The van der Waals surface area contributed by atoms with Crippen LogP contribution in [0.5, 0.6) is 11.5 Å². The van der Waals surface area contributed by atoms with Crippen molar-refractivity contribution in [1.29, 1.82) is 0 Å². The van der Waals surface area contributed by atoms with Gasteiger partial charge in [0.1, 0.15) is 0 Å². The van der Waals surface area contributed by atoms with Crippen LogP contribution in [-0.4, -0.2) is 25.3 Å². The summed E-state index contributed by atoms with van der Waals surface area (Å²) in [6, 6.07) is 4.75. The molecule has 0 saturated heterocycles. The molecule has 0 spiro atoms. The van der Waals surface area contributed by atoms with Gasteiger partial charge < -0.3 is 14.6 Å². The second-order valence-corrected chi connectivity index (χ2v) is 3.25. The van der Waals surface area contributed by atoms with Gasteiger partial charge in [0.05, 0.1) is 14.2 Å². The average Bonchev–Trinajstić information content (AvgIpc) is 2.26. The summed E-state index contributed by atoms with van der Waals surface area (Å²) in [7, 11) is 2.98. The number of halogens is 1. The molecule has 0 aliphatic rings. The highest BCUT2D eigenvalue weighted by atomic mass is 35.5. The fourth-order valence-electron chi connectivity index (χ4n) is 1.15. The van der Waals surface area contributed by atoms with Crippen LogP contribution in [0.3, 0.4) is 0 Å². The molecule has 1 unspecified atom stereocenters. The van der Waals surface area contributed by atoms with E-state index in [0.717, 1.165) is 0 Å². The van der Waals surface area contributed by atoms with Gasteiger partial charge in [0.2, 0.25) is 0 Å². The van der Waals surface area contributed by atoms with Gasteiger partial charge in [-0.3, -0.25) is 4.79 Å². The van der Waals surface area contributed by atoms with Gasteiger partial charge in [0, 0.05) is 0 Å². The van der Waals surface area contributed by atoms with Crippen LogP contribution in [-0.2, 0) is 4.79 Å². The first-order valence-corrected chi connectivity index (χ1v) is 4.62. The van der Waals surface area contributed by atoms with Gasteiger partial charge in [0.25, 0.3) is 0 Å². The summed E-state index contributed by atoms with van der Waals surface area (Å²) in [5.74, 6) is -0.0960. The summed E-state index contributed by atoms with van der Waals surface area (Å²) in [4.78, 5) is 10.6. The third-order valence-electron chi connectivity index (χ3n) is 1.92. The Bertz CT molecular complexity index is 364. The van der Waals surface area contributed by atoms with Gasteiger partial charge in [-0.25, -0.2) is 0 Å². The van der Waals surface area contributed by atoms with Crippen molar-refractivity contribution >= 4 is 17.6 Å². The lowest BCUT2D eigenvalue weighted by Crippen LogP contribution is -2.05. The quantitative estimate of drug-likeness (QED) is 0.805. The summed E-state index contributed by atoms with van der Waals surface area (Å²) in [5, 5.41) is 7.64. The Morgan fingerprint density at radius 2 is 1.93 bits per heavy atom. The molecule has 1 N–H and O–H groups in total. The topological polar surface area (TPSA) is 55.8 Å². The van der Waals surface area contributed by atoms with Crippen molar-refractivity contribution in [3.63, 3.8) is 0 Å². The Balaban J connectivity index is 3.07. The first kappa shape index (κ1) is 11.7. The largest absolute Gasteiger partial charge is 0.493 e. The molecule has 0 amide bonds. The Labute approximate surface area is 92.4 Å². The second-order valence-electron chi connectivity index (χ2n) is 2.82. The second kappa shape index (κ2) is 4.89. The smallest absolute Gasteiger partial charge is 0.326 e. The minimum Gasteiger partial charge on any atom is -0.493 e. The molecule has 0 saturated carbocycles. The normalized spacial score (nSPS) is 11.9. The van der Waals surface area contributed by atoms with E-state index in [1.165, 1.54) is 14.2 Å². The van der Waals surface area contributed by atoms with Gasteiger partial charge in [0.15, 0.2) is 16.9 Å². The van der Waals surface area contributed by atoms with E-state index < -0.39 is 11.3 Å². The van der Waals surface area contributed by atoms with Crippen molar-refractivity contribution in [2.24, 2.45) is 0 Å². The Morgan fingerprint density at radius 1 is 1.33 bits per heavy atom. The van der Waals surface area contributed by atoms with E-state index >= 15 is 0 Å². The monoisotopic (exact) mass is 230 g/mol. The molecule has 0 radical (unpaired) electrons. The van der Waals surface area contributed by atoms with E-state index in [0.29, 0.717) is 17.1 Å². The van der Waals surface area contributed by atoms with Crippen molar-refractivity contribution in [1.82, 2.24) is 0 Å². The molecule has 0 fully saturated rings. The fraction of sp³-hybridized carbons (Fsp3) is 0.300. The van der Waals surface area contributed by atoms with Crippen molar-refractivity contribution in [3.05, 3.63) is 23.8 Å². The fourth-order valence-corrected chi connectivity index (χ4v) is 1.29. The molecule has 1 aromatic carbocycles. The van der Waals surface area contributed by atoms with Crippen LogP contribution < -0.4 is 9.47 Å². The molecule has 1 aromatic rings. The summed E-state index contributed by atoms with van der Waals surface area (Å²) in [6.45, 7) is 0. The zero-order valence-corrected chi connectivity index (χ0v) is 9.12. The third-order valence-corrected chi connectivity index (χ3v) is 2.36. The average molecular weight is 231 g/mol. The van der Waals surface area contributed by atoms with E-state index in [2.05, 4.69) is 0 Å². The molecule has 1 rings (SSSR count). The number of rotatable bonds is 4. The Kier molecular flexibility index (Phi) is 3.80. The number of carboxylic acid groups (broad SMARTS) is 1. The van der Waals surface area contributed by atoms with Crippen LogP contribution in [0.2, 0.25) is 0 Å². The number of ether oxygens (including phenoxy) is 2. The molecule has 0 heterocycles. The first-order chi connectivity index (χ1) is 7.10. The molecule has 0 bridgehead atoms. The molecular weight excluding hydrogens is 220 g/mol. The number of methoxy groups -OCH3 is 2. The molecule has 0 aromatic heterocycles. The number of hydrogen-bond acceptors (Lipinski definition) is 3. The number of carbonyl (C=O) groups is 1. The van der Waals surface area contributed by atoms with Crippen LogP contribution in [0.4, 0.5) is 0 Å². The molecular formula is C10H11ClO4. The maximum atomic E-state index is 10.6. The molecule has 0 aliphatic carbocycles. The van der Waals surface area contributed by atoms with Crippen LogP contribution in [0.15, 0.2) is 18.2 Å². The van der Waals surface area contributed by atoms with Gasteiger partial charge in [-0.15, -0.1) is 11.6 Å². The molecule has 5 heteroatoms. The number of aliphatic carboxylic acids is 1. The van der Waals surface area contributed by atoms with E-state index in [1.54, 1.807) is 18.2 Å². The maximum Gasteiger partial charge on any atom is 0.326 e. The van der Waals surface area contributed by atoms with Gasteiger partial charge in [-0.2, -0.15) is 0 Å². The Morgan fingerprint density at radius 3 is 2.40 bits per heavy atom. The van der Waals surface area contributed by atoms with Gasteiger partial charge >= 0.3 is 5.97 Å². The molecule has 4 nitrogen and oxygen atoms in total. The van der Waals surface area contributed by atoms with Crippen molar-refractivity contribution < 1.29 is 19.4 Å². The molecule has 0 aliphatic heterocycles. The van der Waals surface area contributed by atoms with E-state index in [4.69, 9.17) is 26.2 Å². The lowest BCUT2D eigenvalue weighted by atomic mass is 10.1. The summed E-state index contributed by atoms with van der Waals surface area (Å²) < 4.78 is 10.0. The summed E-state index contributed by atoms with van der Waals surface area (Å²) in [6.07, 6.45) is 0. The maximum absolute atomic E-state index is 10.6. The lowest BCUT2D eigenvalue weighted by Gasteiger charge is -2.10. The van der Waals surface area contributed by atoms with Crippen LogP contribution in [0.1, 0.15) is 10.9 Å². The number of benzene rings is 1. The summed E-state index contributed by atoms with van der Waals surface area (Å²) >= 11 is 5.67. The number of carboxylic acids is 1. The Hall–Kier alpha value is -1.42. The molecule has 15 heavy (non-hydrogen) atoms. The third kappa shape index (κ3) is 2.53. The minimum atomic E-state index is -1.09. The van der Waals surface area contributed by atoms with Gasteiger partial charge in [-0.1, -0.05) is 6.07 Å². The zero-order valence-electron chi connectivity index (χ0n) is 8.36. The standard InChI is InChI=1S/C10H11ClO4/c1-14-7-4-3-6(5-8(7)15-2)9(11)10(12)13/h3-5,9H,1-2H3,(H,12,13). The lowest BCUT2D eigenvalue weighted by molar-refractivity contribution is -0.136. The predicted molar refractivity (Wildman–Crippen MR) is 55.8 cm³/mol. The van der Waals surface area contributed by atoms with Crippen molar-refractivity contribution in [3.8, 4) is 11.5 Å². The van der Waals surface area contributed by atoms with Crippen molar-refractivity contribution in [2.75, 3.05) is 14.2 Å². The molecule has 1 atom stereocenters. The SMILES string of the molecule is COc1ccc(C(Cl)C(=O)O)cc1OC. The van der Waals surface area contributed by atoms with Crippen LogP contribution >= 0.6 is 11.6 Å². The van der Waals surface area contributed by atoms with E-state index in [9.17, 15) is 4.79 Å². The minimum absolute atomic E-state index is 0.460. The summed E-state index contributed by atoms with van der Waals surface area (Å²) in [5.41, 5.74) is 0.460. The number of hydrogen-bond donors (Lipinski definition) is 1. The van der Waals surface area contributed by atoms with Crippen LogP contribution in [0, 0.1) is 0 Å². The highest BCUT2D eigenvalue weighted by molar-refractivity contribution is 6.29. The van der Waals surface area contributed by atoms with Gasteiger partial charge in [-0.05, 0) is 17.7 Å². The van der Waals surface area contributed by atoms with E-state index in [1.807, 2.05) is 0 Å². The van der Waals surface area contributed by atoms with Crippen molar-refractivity contribution in [2.45, 2.75) is 5.38 Å². The van der Waals surface area contributed by atoms with Crippen LogP contribution in [0.25, 0.3) is 0 Å². The highest BCUT2D eigenvalue weighted by Crippen LogP contribution is 2.31. The first-order valence-electron chi connectivity index (χ1n) is 4.19. The number of alkyl halides is 1. The highest BCUT2D eigenvalue weighted by Gasteiger charge is 2.18. The van der Waals surface area contributed by atoms with E-state index in [-0.39, 0.29) is 0 Å². The zero-order chi connectivity index (χ0) is 11.4. The molecule has 82 valence electrons. The predicted octanol–water partition coefficient (Wildman–Crippen LogP) is 2.07.